The molecule has 0 saturated carbocycles. The lowest BCUT2D eigenvalue weighted by molar-refractivity contribution is 0.827. The van der Waals surface area contributed by atoms with Crippen LogP contribution in [-0.2, 0) is 0 Å². The molecule has 0 fully saturated rings. The fraction of sp³-hybridized carbons (Fsp3) is 0.0909. The van der Waals surface area contributed by atoms with E-state index in [2.05, 4.69) is 77.8 Å². The largest absolute Gasteiger partial charge is 0.354 e. The highest BCUT2D eigenvalue weighted by Crippen LogP contribution is 2.38. The van der Waals surface area contributed by atoms with Gasteiger partial charge in [-0.1, -0.05) is 78.9 Å². The lowest BCUT2D eigenvalue weighted by Crippen LogP contribution is -2.14. The maximum absolute atomic E-state index is 6.22. The second kappa shape index (κ2) is 7.56. The predicted molar refractivity (Wildman–Crippen MR) is 108 cm³/mol. The normalized spacial score (nSPS) is 11.9. The fourth-order valence-electron chi connectivity index (χ4n) is 3.46. The molecule has 1 aromatic heterocycles. The Balaban J connectivity index is 0.00000182. The molecule has 3 aromatic carbocycles. The van der Waals surface area contributed by atoms with Crippen LogP contribution < -0.4 is 5.73 Å². The molecular weight excluding hydrogens is 328 g/mol. The summed E-state index contributed by atoms with van der Waals surface area (Å²) in [5, 5.41) is 1.25. The molecule has 2 nitrogen and oxygen atoms in total. The van der Waals surface area contributed by atoms with Gasteiger partial charge in [0.1, 0.15) is 0 Å². The maximum atomic E-state index is 6.22. The van der Waals surface area contributed by atoms with Gasteiger partial charge in [0.25, 0.3) is 0 Å². The third-order valence-electron chi connectivity index (χ3n) is 4.59. The Morgan fingerprint density at radius 1 is 0.760 bits per heavy atom. The van der Waals surface area contributed by atoms with Gasteiger partial charge in [-0.2, -0.15) is 0 Å². The molecule has 0 spiro atoms. The molecule has 0 saturated heterocycles. The second-order valence-electron chi connectivity index (χ2n) is 6.02. The van der Waals surface area contributed by atoms with Crippen molar-refractivity contribution in [1.82, 2.24) is 4.98 Å². The van der Waals surface area contributed by atoms with Gasteiger partial charge in [-0.05, 0) is 22.8 Å². The second-order valence-corrected chi connectivity index (χ2v) is 6.02. The smallest absolute Gasteiger partial charge is 0.0504 e. The van der Waals surface area contributed by atoms with Crippen molar-refractivity contribution in [3.8, 4) is 11.3 Å². The van der Waals surface area contributed by atoms with E-state index in [4.69, 9.17) is 5.73 Å². The number of para-hydroxylation sites is 1. The Hall–Kier alpha value is -2.55. The van der Waals surface area contributed by atoms with Gasteiger partial charge in [0, 0.05) is 23.4 Å². The summed E-state index contributed by atoms with van der Waals surface area (Å²) in [5.41, 5.74) is 12.3. The number of hydrogen-bond donors (Lipinski definition) is 2. The molecule has 0 aliphatic rings. The number of aromatic amines is 1. The molecule has 0 bridgehead atoms. The van der Waals surface area contributed by atoms with Gasteiger partial charge in [0.05, 0.1) is 5.69 Å². The Morgan fingerprint density at radius 3 is 2.04 bits per heavy atom. The first kappa shape index (κ1) is 17.3. The molecule has 0 radical (unpaired) electrons. The number of nitrogens with one attached hydrogen (secondary N) is 1. The third-order valence-corrected chi connectivity index (χ3v) is 4.59. The Kier molecular flexibility index (Phi) is 5.22. The van der Waals surface area contributed by atoms with Gasteiger partial charge in [0.2, 0.25) is 0 Å². The van der Waals surface area contributed by atoms with Crippen molar-refractivity contribution in [2.45, 2.75) is 5.92 Å². The monoisotopic (exact) mass is 348 g/mol. The molecule has 1 unspecified atom stereocenters. The van der Waals surface area contributed by atoms with Gasteiger partial charge in [-0.15, -0.1) is 12.4 Å². The molecule has 0 aliphatic heterocycles. The van der Waals surface area contributed by atoms with E-state index in [9.17, 15) is 0 Å². The number of hydrogen-bond acceptors (Lipinski definition) is 1. The zero-order chi connectivity index (χ0) is 16.4. The van der Waals surface area contributed by atoms with Crippen LogP contribution in [0.25, 0.3) is 22.2 Å². The van der Waals surface area contributed by atoms with Crippen LogP contribution in [0.1, 0.15) is 17.0 Å². The first-order valence-corrected chi connectivity index (χ1v) is 8.29. The number of nitrogens with two attached hydrogens (primary N) is 1. The summed E-state index contributed by atoms with van der Waals surface area (Å²) in [4.78, 5) is 3.61. The topological polar surface area (TPSA) is 41.8 Å². The molecule has 4 aromatic rings. The highest BCUT2D eigenvalue weighted by atomic mass is 35.5. The number of H-pyrrole nitrogens is 1. The summed E-state index contributed by atoms with van der Waals surface area (Å²) in [7, 11) is 0. The summed E-state index contributed by atoms with van der Waals surface area (Å²) in [6, 6.07) is 29.5. The van der Waals surface area contributed by atoms with Crippen LogP contribution >= 0.6 is 12.4 Å². The SMILES string of the molecule is Cl.NCC(c1ccccc1)c1c(-c2ccccc2)[nH]c2ccccc12. The standard InChI is InChI=1S/C22H20N2.ClH/c23-15-19(16-9-3-1-4-10-16)21-18-13-7-8-14-20(18)24-22(21)17-11-5-2-6-12-17;/h1-14,19,24H,15,23H2;1H. The van der Waals surface area contributed by atoms with E-state index in [1.807, 2.05) is 12.1 Å². The highest BCUT2D eigenvalue weighted by Gasteiger charge is 2.21. The van der Waals surface area contributed by atoms with Crippen LogP contribution in [0.2, 0.25) is 0 Å². The van der Waals surface area contributed by atoms with E-state index < -0.39 is 0 Å². The average molecular weight is 349 g/mol. The van der Waals surface area contributed by atoms with Crippen LogP contribution in [0.15, 0.2) is 84.9 Å². The van der Waals surface area contributed by atoms with Crippen molar-refractivity contribution in [2.75, 3.05) is 6.54 Å². The van der Waals surface area contributed by atoms with Crippen molar-refractivity contribution in [3.63, 3.8) is 0 Å². The lowest BCUT2D eigenvalue weighted by Gasteiger charge is -2.17. The summed E-state index contributed by atoms with van der Waals surface area (Å²) in [5.74, 6) is 0.164. The van der Waals surface area contributed by atoms with E-state index in [0.29, 0.717) is 6.54 Å². The number of benzene rings is 3. The first-order valence-electron chi connectivity index (χ1n) is 8.29. The minimum Gasteiger partial charge on any atom is -0.354 e. The van der Waals surface area contributed by atoms with Gasteiger partial charge in [0.15, 0.2) is 0 Å². The summed E-state index contributed by atoms with van der Waals surface area (Å²) in [6.45, 7) is 0.575. The molecule has 25 heavy (non-hydrogen) atoms. The van der Waals surface area contributed by atoms with Gasteiger partial charge >= 0.3 is 0 Å². The summed E-state index contributed by atoms with van der Waals surface area (Å²) < 4.78 is 0. The van der Waals surface area contributed by atoms with Crippen molar-refractivity contribution in [3.05, 3.63) is 96.1 Å². The van der Waals surface area contributed by atoms with E-state index in [1.165, 1.54) is 22.1 Å². The Morgan fingerprint density at radius 2 is 1.36 bits per heavy atom. The van der Waals surface area contributed by atoms with Crippen molar-refractivity contribution >= 4 is 23.3 Å². The quantitative estimate of drug-likeness (QED) is 0.513. The van der Waals surface area contributed by atoms with Gasteiger partial charge in [-0.25, -0.2) is 0 Å². The molecule has 1 atom stereocenters. The van der Waals surface area contributed by atoms with Crippen LogP contribution in [0.3, 0.4) is 0 Å². The van der Waals surface area contributed by atoms with Crippen LogP contribution in [0.5, 0.6) is 0 Å². The predicted octanol–water partition coefficient (Wildman–Crippen LogP) is 5.35. The lowest BCUT2D eigenvalue weighted by atomic mass is 9.87. The van der Waals surface area contributed by atoms with Crippen molar-refractivity contribution < 1.29 is 0 Å². The van der Waals surface area contributed by atoms with Gasteiger partial charge < -0.3 is 10.7 Å². The van der Waals surface area contributed by atoms with E-state index in [-0.39, 0.29) is 18.3 Å². The van der Waals surface area contributed by atoms with Crippen LogP contribution in [0.4, 0.5) is 0 Å². The van der Waals surface area contributed by atoms with E-state index in [1.54, 1.807) is 0 Å². The number of aromatic nitrogens is 1. The summed E-state index contributed by atoms with van der Waals surface area (Å²) >= 11 is 0. The third kappa shape index (κ3) is 3.19. The summed E-state index contributed by atoms with van der Waals surface area (Å²) in [6.07, 6.45) is 0. The zero-order valence-corrected chi connectivity index (χ0v) is 14.7. The molecule has 3 N–H and O–H groups in total. The maximum Gasteiger partial charge on any atom is 0.0504 e. The minimum absolute atomic E-state index is 0. The van der Waals surface area contributed by atoms with E-state index in [0.717, 1.165) is 11.2 Å². The highest BCUT2D eigenvalue weighted by molar-refractivity contribution is 5.92. The van der Waals surface area contributed by atoms with Crippen molar-refractivity contribution in [1.29, 1.82) is 0 Å². The molecule has 4 rings (SSSR count). The molecule has 1 heterocycles. The molecule has 3 heteroatoms. The number of halogens is 1. The van der Waals surface area contributed by atoms with Crippen molar-refractivity contribution in [2.24, 2.45) is 5.73 Å². The number of fused-ring (bicyclic) bond motifs is 1. The molecule has 126 valence electrons. The zero-order valence-electron chi connectivity index (χ0n) is 13.9. The molecular formula is C22H21ClN2. The minimum atomic E-state index is 0. The molecule has 0 aliphatic carbocycles. The number of rotatable bonds is 4. The first-order chi connectivity index (χ1) is 11.9. The van der Waals surface area contributed by atoms with Crippen LogP contribution in [-0.4, -0.2) is 11.5 Å². The van der Waals surface area contributed by atoms with E-state index >= 15 is 0 Å². The Labute approximate surface area is 154 Å². The van der Waals surface area contributed by atoms with Gasteiger partial charge in [-0.3, -0.25) is 0 Å². The fourth-order valence-corrected chi connectivity index (χ4v) is 3.46. The molecule has 0 amide bonds. The Bertz CT molecular complexity index is 946. The average Bonchev–Trinajstić information content (AvgIpc) is 3.04. The van der Waals surface area contributed by atoms with Crippen LogP contribution in [0, 0.1) is 0 Å².